The van der Waals surface area contributed by atoms with Gasteiger partial charge in [-0.25, -0.2) is 9.97 Å². The molecule has 1 aromatic heterocycles. The molecular formula is C24H23N5O2S. The zero-order valence-electron chi connectivity index (χ0n) is 17.5. The van der Waals surface area contributed by atoms with Crippen LogP contribution in [0, 0.1) is 11.3 Å². The van der Waals surface area contributed by atoms with Crippen LogP contribution in [0.15, 0.2) is 70.7 Å². The van der Waals surface area contributed by atoms with E-state index in [2.05, 4.69) is 39.5 Å². The van der Waals surface area contributed by atoms with E-state index in [0.717, 1.165) is 42.0 Å². The van der Waals surface area contributed by atoms with Crippen LogP contribution in [-0.2, 0) is 16.0 Å². The van der Waals surface area contributed by atoms with Crippen molar-refractivity contribution in [1.82, 2.24) is 9.97 Å². The number of morpholine rings is 1. The molecule has 1 aliphatic rings. The molecule has 8 heteroatoms. The number of nitrogens with one attached hydrogen (secondary N) is 1. The van der Waals surface area contributed by atoms with Gasteiger partial charge in [0.2, 0.25) is 5.91 Å². The van der Waals surface area contributed by atoms with Gasteiger partial charge in [0.25, 0.3) is 0 Å². The number of nitrogens with zero attached hydrogens (tertiary/aromatic N) is 4. The Morgan fingerprint density at radius 1 is 1.16 bits per heavy atom. The average Bonchev–Trinajstić information content (AvgIpc) is 2.82. The molecule has 1 N–H and O–H groups in total. The fraction of sp³-hybridized carbons (Fsp3) is 0.250. The van der Waals surface area contributed by atoms with Crippen LogP contribution in [0.2, 0.25) is 0 Å². The summed E-state index contributed by atoms with van der Waals surface area (Å²) in [6.45, 7) is 3.35. The Morgan fingerprint density at radius 2 is 1.97 bits per heavy atom. The van der Waals surface area contributed by atoms with Crippen LogP contribution in [-0.4, -0.2) is 42.2 Å². The molecule has 1 amide bonds. The number of rotatable bonds is 7. The Hall–Kier alpha value is -3.41. The molecule has 0 saturated carbocycles. The number of carbonyl (C=O) groups is 1. The number of hydrogen-bond acceptors (Lipinski definition) is 7. The molecular weight excluding hydrogens is 422 g/mol. The fourth-order valence-electron chi connectivity index (χ4n) is 3.39. The van der Waals surface area contributed by atoms with Gasteiger partial charge >= 0.3 is 0 Å². The zero-order chi connectivity index (χ0) is 22.2. The van der Waals surface area contributed by atoms with Crippen LogP contribution in [0.25, 0.3) is 0 Å². The first-order valence-corrected chi connectivity index (χ1v) is 11.2. The van der Waals surface area contributed by atoms with E-state index in [1.807, 2.05) is 36.4 Å². The van der Waals surface area contributed by atoms with Crippen molar-refractivity contribution >= 4 is 29.0 Å². The maximum atomic E-state index is 11.5. The smallest absolute Gasteiger partial charge is 0.238 e. The highest BCUT2D eigenvalue weighted by atomic mass is 32.2. The van der Waals surface area contributed by atoms with E-state index in [1.54, 1.807) is 6.20 Å². The van der Waals surface area contributed by atoms with Crippen molar-refractivity contribution in [2.24, 2.45) is 0 Å². The number of benzene rings is 2. The van der Waals surface area contributed by atoms with Gasteiger partial charge in [0.05, 0.1) is 19.3 Å². The van der Waals surface area contributed by atoms with E-state index in [1.165, 1.54) is 23.0 Å². The lowest BCUT2D eigenvalue weighted by Crippen LogP contribution is -2.36. The molecule has 162 valence electrons. The van der Waals surface area contributed by atoms with Gasteiger partial charge in [0.15, 0.2) is 0 Å². The molecule has 32 heavy (non-hydrogen) atoms. The monoisotopic (exact) mass is 445 g/mol. The quantitative estimate of drug-likeness (QED) is 0.551. The van der Waals surface area contributed by atoms with Crippen molar-refractivity contribution in [1.29, 1.82) is 5.26 Å². The summed E-state index contributed by atoms with van der Waals surface area (Å²) in [5.74, 6) is 0.459. The first kappa shape index (κ1) is 21.8. The third-order valence-corrected chi connectivity index (χ3v) is 5.87. The van der Waals surface area contributed by atoms with E-state index in [9.17, 15) is 4.79 Å². The molecule has 1 saturated heterocycles. The molecule has 4 rings (SSSR count). The van der Waals surface area contributed by atoms with Gasteiger partial charge in [-0.15, -0.1) is 0 Å². The van der Waals surface area contributed by atoms with E-state index in [4.69, 9.17) is 15.0 Å². The molecule has 1 aliphatic heterocycles. The fourth-order valence-corrected chi connectivity index (χ4v) is 4.19. The highest BCUT2D eigenvalue weighted by molar-refractivity contribution is 7.99. The van der Waals surface area contributed by atoms with E-state index in [0.29, 0.717) is 12.1 Å². The van der Waals surface area contributed by atoms with Crippen molar-refractivity contribution in [2.45, 2.75) is 22.8 Å². The lowest BCUT2D eigenvalue weighted by atomic mass is 10.1. The third kappa shape index (κ3) is 6.06. The van der Waals surface area contributed by atoms with Crippen molar-refractivity contribution in [3.05, 3.63) is 72.2 Å². The second-order valence-electron chi connectivity index (χ2n) is 7.27. The second-order valence-corrected chi connectivity index (χ2v) is 8.36. The molecule has 2 heterocycles. The summed E-state index contributed by atoms with van der Waals surface area (Å²) < 4.78 is 5.45. The minimum Gasteiger partial charge on any atom is -0.378 e. The summed E-state index contributed by atoms with van der Waals surface area (Å²) in [4.78, 5) is 24.0. The minimum absolute atomic E-state index is 0.157. The van der Waals surface area contributed by atoms with E-state index >= 15 is 0 Å². The van der Waals surface area contributed by atoms with Gasteiger partial charge in [0.1, 0.15) is 17.3 Å². The number of carbonyl (C=O) groups excluding carboxylic acids is 1. The number of anilines is 2. The summed E-state index contributed by atoms with van der Waals surface area (Å²) in [5.41, 5.74) is 3.05. The Morgan fingerprint density at radius 3 is 2.75 bits per heavy atom. The molecule has 0 atom stereocenters. The topological polar surface area (TPSA) is 91.1 Å². The third-order valence-electron chi connectivity index (χ3n) is 4.93. The Labute approximate surface area is 191 Å². The first-order chi connectivity index (χ1) is 15.7. The first-order valence-electron chi connectivity index (χ1n) is 10.4. The molecule has 7 nitrogen and oxygen atoms in total. The molecule has 1 fully saturated rings. The van der Waals surface area contributed by atoms with Gasteiger partial charge in [-0.05, 0) is 48.0 Å². The summed E-state index contributed by atoms with van der Waals surface area (Å²) >= 11 is 1.54. The maximum absolute atomic E-state index is 11.5. The van der Waals surface area contributed by atoms with Crippen molar-refractivity contribution < 1.29 is 9.53 Å². The summed E-state index contributed by atoms with van der Waals surface area (Å²) in [7, 11) is 0. The predicted molar refractivity (Wildman–Crippen MR) is 124 cm³/mol. The molecule has 0 radical (unpaired) electrons. The normalized spacial score (nSPS) is 13.4. The van der Waals surface area contributed by atoms with Crippen molar-refractivity contribution in [3.63, 3.8) is 0 Å². The molecule has 3 aromatic rings. The summed E-state index contributed by atoms with van der Waals surface area (Å²) in [6, 6.07) is 19.7. The minimum atomic E-state index is -0.314. The lowest BCUT2D eigenvalue weighted by molar-refractivity contribution is -0.115. The van der Waals surface area contributed by atoms with Crippen molar-refractivity contribution in [2.75, 3.05) is 36.5 Å². The number of hydrogen-bond donors (Lipinski definition) is 1. The van der Waals surface area contributed by atoms with Crippen LogP contribution in [0.1, 0.15) is 17.8 Å². The van der Waals surface area contributed by atoms with Crippen LogP contribution in [0.4, 0.5) is 11.4 Å². The number of nitriles is 1. The summed E-state index contributed by atoms with van der Waals surface area (Å²) in [5, 5.41) is 12.1. The van der Waals surface area contributed by atoms with Gasteiger partial charge in [-0.2, -0.15) is 5.26 Å². The average molecular weight is 446 g/mol. The molecule has 0 aliphatic carbocycles. The zero-order valence-corrected chi connectivity index (χ0v) is 18.3. The van der Waals surface area contributed by atoms with Crippen LogP contribution < -0.4 is 10.2 Å². The molecule has 0 spiro atoms. The molecule has 0 bridgehead atoms. The highest BCUT2D eigenvalue weighted by Crippen LogP contribution is 2.27. The Balaban J connectivity index is 1.40. The Kier molecular flexibility index (Phi) is 7.33. The van der Waals surface area contributed by atoms with Crippen LogP contribution in [0.3, 0.4) is 0 Å². The largest absolute Gasteiger partial charge is 0.378 e. The van der Waals surface area contributed by atoms with Gasteiger partial charge in [-0.3, -0.25) is 4.79 Å². The van der Waals surface area contributed by atoms with Gasteiger partial charge in [-0.1, -0.05) is 23.9 Å². The van der Waals surface area contributed by atoms with Crippen LogP contribution >= 0.6 is 11.8 Å². The van der Waals surface area contributed by atoms with E-state index < -0.39 is 0 Å². The van der Waals surface area contributed by atoms with Gasteiger partial charge < -0.3 is 15.0 Å². The molecule has 2 aromatic carbocycles. The maximum Gasteiger partial charge on any atom is 0.238 e. The van der Waals surface area contributed by atoms with Crippen LogP contribution in [0.5, 0.6) is 0 Å². The van der Waals surface area contributed by atoms with Gasteiger partial charge in [0, 0.05) is 42.0 Å². The van der Waals surface area contributed by atoms with E-state index in [-0.39, 0.29) is 12.3 Å². The number of amides is 1. The number of aromatic nitrogens is 2. The lowest BCUT2D eigenvalue weighted by Gasteiger charge is -2.29. The predicted octanol–water partition coefficient (Wildman–Crippen LogP) is 3.91. The standard InChI is InChI=1S/C24H23N5O2S/c25-10-8-23(30)27-19-4-6-21(7-5-19)32-24-9-11-26-22(28-24)17-18-2-1-3-20(16-18)29-12-14-31-15-13-29/h1-7,9,11,16H,8,12-15,17H2,(H,27,30). The van der Waals surface area contributed by atoms with Crippen molar-refractivity contribution in [3.8, 4) is 6.07 Å². The SMILES string of the molecule is N#CCC(=O)Nc1ccc(Sc2ccnc(Cc3cccc(N4CCOCC4)c3)n2)cc1. The number of ether oxygens (including phenoxy) is 1. The highest BCUT2D eigenvalue weighted by Gasteiger charge is 2.12. The Bertz CT molecular complexity index is 1110. The summed E-state index contributed by atoms with van der Waals surface area (Å²) in [6.07, 6.45) is 2.29. The second kappa shape index (κ2) is 10.8. The molecule has 0 unspecified atom stereocenters.